The summed E-state index contributed by atoms with van der Waals surface area (Å²) in [4.78, 5) is 25.4. The average molecular weight is 620 g/mol. The molecule has 0 radical (unpaired) electrons. The lowest BCUT2D eigenvalue weighted by Crippen LogP contribution is -2.43. The van der Waals surface area contributed by atoms with Crippen LogP contribution in [0.1, 0.15) is 39.3 Å². The fourth-order valence-corrected chi connectivity index (χ4v) is 6.80. The second-order valence-electron chi connectivity index (χ2n) is 11.7. The van der Waals surface area contributed by atoms with Crippen LogP contribution >= 0.6 is 0 Å². The number of aromatic nitrogens is 2. The summed E-state index contributed by atoms with van der Waals surface area (Å²) in [5.41, 5.74) is 7.23. The van der Waals surface area contributed by atoms with E-state index in [0.717, 1.165) is 38.9 Å². The number of amides is 1. The Bertz CT molecular complexity index is 1870. The van der Waals surface area contributed by atoms with Crippen LogP contribution < -0.4 is 5.32 Å². The predicted molar refractivity (Wildman–Crippen MR) is 180 cm³/mol. The summed E-state index contributed by atoms with van der Waals surface area (Å²) in [7, 11) is 0. The van der Waals surface area contributed by atoms with Gasteiger partial charge in [-0.1, -0.05) is 140 Å². The lowest BCUT2D eigenvalue weighted by Gasteiger charge is -2.36. The van der Waals surface area contributed by atoms with Gasteiger partial charge in [0, 0.05) is 18.5 Å². The number of nitrogens with zero attached hydrogens (tertiary/aromatic N) is 2. The van der Waals surface area contributed by atoms with Gasteiger partial charge in [-0.05, 0) is 44.5 Å². The molecule has 232 valence electrons. The van der Waals surface area contributed by atoms with Gasteiger partial charge in [0.05, 0.1) is 6.20 Å². The van der Waals surface area contributed by atoms with Gasteiger partial charge < -0.3 is 15.2 Å². The number of carboxylic acids is 1. The van der Waals surface area contributed by atoms with Gasteiger partial charge in [-0.15, -0.1) is 0 Å². The van der Waals surface area contributed by atoms with Crippen molar-refractivity contribution >= 4 is 12.1 Å². The lowest BCUT2D eigenvalue weighted by atomic mass is 9.77. The van der Waals surface area contributed by atoms with Crippen LogP contribution in [0.5, 0.6) is 0 Å². The molecule has 0 spiro atoms. The zero-order valence-corrected chi connectivity index (χ0v) is 25.6. The number of benzene rings is 5. The molecule has 1 amide bonds. The Hall–Kier alpha value is -5.95. The fraction of sp³-hybridized carbons (Fsp3) is 0.125. The molecule has 6 aromatic rings. The van der Waals surface area contributed by atoms with E-state index in [0.29, 0.717) is 5.56 Å². The number of hydrogen-bond donors (Lipinski definition) is 2. The van der Waals surface area contributed by atoms with Crippen molar-refractivity contribution in [2.24, 2.45) is 0 Å². The molecule has 47 heavy (non-hydrogen) atoms. The normalized spacial score (nSPS) is 12.9. The molecule has 0 saturated heterocycles. The molecule has 2 N–H and O–H groups in total. The highest BCUT2D eigenvalue weighted by molar-refractivity contribution is 5.81. The quantitative estimate of drug-likeness (QED) is 0.158. The maximum atomic E-state index is 13.0. The van der Waals surface area contributed by atoms with Gasteiger partial charge in [0.1, 0.15) is 18.2 Å². The molecular formula is C40H33N3O4. The molecule has 1 aliphatic rings. The molecular weight excluding hydrogens is 586 g/mol. The molecule has 1 atom stereocenters. The minimum Gasteiger partial charge on any atom is -0.480 e. The average Bonchev–Trinajstić information content (AvgIpc) is 3.71. The maximum Gasteiger partial charge on any atom is 0.407 e. The maximum absolute atomic E-state index is 13.0. The van der Waals surface area contributed by atoms with Crippen molar-refractivity contribution in [3.63, 3.8) is 0 Å². The highest BCUT2D eigenvalue weighted by Crippen LogP contribution is 2.44. The van der Waals surface area contributed by atoms with Gasteiger partial charge in [0.15, 0.2) is 0 Å². The molecule has 0 fully saturated rings. The smallest absolute Gasteiger partial charge is 0.407 e. The van der Waals surface area contributed by atoms with Crippen LogP contribution in [0.3, 0.4) is 0 Å². The number of hydrogen-bond acceptors (Lipinski definition) is 4. The number of carboxylic acid groups (broad SMARTS) is 1. The number of nitrogens with one attached hydrogen (secondary N) is 1. The summed E-state index contributed by atoms with van der Waals surface area (Å²) in [6.07, 6.45) is 2.77. The minimum absolute atomic E-state index is 0.0218. The Morgan fingerprint density at radius 2 is 1.19 bits per heavy atom. The van der Waals surface area contributed by atoms with Crippen molar-refractivity contribution in [1.82, 2.24) is 15.1 Å². The molecule has 0 aliphatic heterocycles. The SMILES string of the molecule is O=C(NC(Cc1cnn(C(c2ccccc2)(c2ccccc2)c2ccccc2)c1)C(=O)O)OCC1c2ccccc2-c2ccccc21. The number of carbonyl (C=O) groups excluding carboxylic acids is 1. The third-order valence-corrected chi connectivity index (χ3v) is 8.93. The van der Waals surface area contributed by atoms with Crippen molar-refractivity contribution in [2.45, 2.75) is 23.9 Å². The van der Waals surface area contributed by atoms with Gasteiger partial charge in [-0.25, -0.2) is 9.59 Å². The second kappa shape index (κ2) is 12.8. The Balaban J connectivity index is 1.14. The molecule has 7 nitrogen and oxygen atoms in total. The van der Waals surface area contributed by atoms with E-state index >= 15 is 0 Å². The van der Waals surface area contributed by atoms with Crippen molar-refractivity contribution < 1.29 is 19.4 Å². The van der Waals surface area contributed by atoms with Crippen LogP contribution in [-0.4, -0.2) is 39.6 Å². The van der Waals surface area contributed by atoms with Gasteiger partial charge in [0.25, 0.3) is 0 Å². The monoisotopic (exact) mass is 619 g/mol. The number of carbonyl (C=O) groups is 2. The zero-order chi connectivity index (χ0) is 32.2. The first-order valence-electron chi connectivity index (χ1n) is 15.6. The van der Waals surface area contributed by atoms with Gasteiger partial charge in [-0.2, -0.15) is 5.10 Å². The van der Waals surface area contributed by atoms with E-state index < -0.39 is 23.6 Å². The van der Waals surface area contributed by atoms with E-state index in [4.69, 9.17) is 9.84 Å². The summed E-state index contributed by atoms with van der Waals surface area (Å²) < 4.78 is 7.54. The van der Waals surface area contributed by atoms with E-state index in [1.165, 1.54) is 0 Å². The molecule has 7 heteroatoms. The summed E-state index contributed by atoms with van der Waals surface area (Å²) in [5, 5.41) is 17.5. The second-order valence-corrected chi connectivity index (χ2v) is 11.7. The summed E-state index contributed by atoms with van der Waals surface area (Å²) >= 11 is 0. The third kappa shape index (κ3) is 5.57. The number of ether oxygens (including phenoxy) is 1. The van der Waals surface area contributed by atoms with Crippen LogP contribution in [0.25, 0.3) is 11.1 Å². The number of rotatable bonds is 10. The Morgan fingerprint density at radius 1 is 0.723 bits per heavy atom. The molecule has 0 saturated carbocycles. The molecule has 1 heterocycles. The zero-order valence-electron chi connectivity index (χ0n) is 25.6. The first kappa shape index (κ1) is 29.7. The third-order valence-electron chi connectivity index (χ3n) is 8.93. The van der Waals surface area contributed by atoms with Crippen LogP contribution in [-0.2, 0) is 21.5 Å². The van der Waals surface area contributed by atoms with Crippen molar-refractivity contribution in [1.29, 1.82) is 0 Å². The Morgan fingerprint density at radius 3 is 1.68 bits per heavy atom. The standard InChI is InChI=1S/C40H33N3O4/c44-38(45)37(42-39(46)47-27-36-34-22-12-10-20-32(34)33-21-11-13-23-35(33)36)24-28-25-41-43(26-28)40(29-14-4-1-5-15-29,30-16-6-2-7-17-30)31-18-8-3-9-19-31/h1-23,25-26,36-37H,24,27H2,(H,42,46)(H,44,45). The van der Waals surface area contributed by atoms with Crippen molar-refractivity contribution in [3.05, 3.63) is 185 Å². The van der Waals surface area contributed by atoms with E-state index in [2.05, 4.69) is 53.8 Å². The van der Waals surface area contributed by atoms with Crippen LogP contribution in [0, 0.1) is 0 Å². The lowest BCUT2D eigenvalue weighted by molar-refractivity contribution is -0.139. The van der Waals surface area contributed by atoms with Crippen LogP contribution in [0.15, 0.2) is 152 Å². The van der Waals surface area contributed by atoms with E-state index in [1.54, 1.807) is 6.20 Å². The first-order valence-corrected chi connectivity index (χ1v) is 15.6. The first-order chi connectivity index (χ1) is 23.1. The van der Waals surface area contributed by atoms with Crippen molar-refractivity contribution in [3.8, 4) is 11.1 Å². The van der Waals surface area contributed by atoms with Gasteiger partial charge in [0.2, 0.25) is 0 Å². The minimum atomic E-state index is -1.22. The van der Waals surface area contributed by atoms with E-state index in [1.807, 2.05) is 102 Å². The Kier molecular flexibility index (Phi) is 8.11. The highest BCUT2D eigenvalue weighted by atomic mass is 16.5. The molecule has 1 unspecified atom stereocenters. The van der Waals surface area contributed by atoms with Gasteiger partial charge in [-0.3, -0.25) is 4.68 Å². The largest absolute Gasteiger partial charge is 0.480 e. The molecule has 1 aliphatic carbocycles. The van der Waals surface area contributed by atoms with Gasteiger partial charge >= 0.3 is 12.1 Å². The number of aliphatic carboxylic acids is 1. The van der Waals surface area contributed by atoms with E-state index in [-0.39, 0.29) is 18.9 Å². The molecule has 5 aromatic carbocycles. The van der Waals surface area contributed by atoms with Crippen molar-refractivity contribution in [2.75, 3.05) is 6.61 Å². The number of fused-ring (bicyclic) bond motifs is 3. The topological polar surface area (TPSA) is 93.5 Å². The fourth-order valence-electron chi connectivity index (χ4n) is 6.80. The summed E-state index contributed by atoms with van der Waals surface area (Å²) in [5.74, 6) is -1.29. The van der Waals surface area contributed by atoms with Crippen LogP contribution in [0.2, 0.25) is 0 Å². The summed E-state index contributed by atoms with van der Waals surface area (Å²) in [6.45, 7) is 0.0951. The molecule has 7 rings (SSSR count). The molecule has 1 aromatic heterocycles. The summed E-state index contributed by atoms with van der Waals surface area (Å²) in [6, 6.07) is 45.3. The highest BCUT2D eigenvalue weighted by Gasteiger charge is 2.39. The predicted octanol–water partition coefficient (Wildman–Crippen LogP) is 7.26. The molecule has 0 bridgehead atoms. The Labute approximate surface area is 273 Å². The van der Waals surface area contributed by atoms with E-state index in [9.17, 15) is 14.7 Å². The number of alkyl carbamates (subject to hydrolysis) is 1. The van der Waals surface area contributed by atoms with Crippen LogP contribution in [0.4, 0.5) is 4.79 Å².